The number of hydrogen-bond acceptors (Lipinski definition) is 4. The number of halogens is 2. The van der Waals surface area contributed by atoms with E-state index in [1.807, 2.05) is 0 Å². The van der Waals surface area contributed by atoms with Crippen molar-refractivity contribution in [1.29, 1.82) is 0 Å². The number of nitrogens with one attached hydrogen (secondary N) is 2. The van der Waals surface area contributed by atoms with Gasteiger partial charge in [0.25, 0.3) is 0 Å². The minimum absolute atomic E-state index is 0.0159. The van der Waals surface area contributed by atoms with Crippen LogP contribution in [0.5, 0.6) is 11.5 Å². The molecule has 0 atom stereocenters. The monoisotopic (exact) mass is 378 g/mol. The molecule has 0 unspecified atom stereocenters. The van der Waals surface area contributed by atoms with E-state index in [2.05, 4.69) is 10.6 Å². The summed E-state index contributed by atoms with van der Waals surface area (Å²) in [7, 11) is 3.05. The molecule has 0 aliphatic heterocycles. The van der Waals surface area contributed by atoms with E-state index in [0.717, 1.165) is 17.7 Å². The summed E-state index contributed by atoms with van der Waals surface area (Å²) in [5.41, 5.74) is 0.781. The van der Waals surface area contributed by atoms with Crippen LogP contribution in [0.25, 0.3) is 0 Å². The summed E-state index contributed by atoms with van der Waals surface area (Å²) in [4.78, 5) is 23.4. The van der Waals surface area contributed by atoms with Gasteiger partial charge in [0.2, 0.25) is 11.8 Å². The Morgan fingerprint density at radius 1 is 0.889 bits per heavy atom. The molecule has 0 heterocycles. The van der Waals surface area contributed by atoms with Gasteiger partial charge in [-0.05, 0) is 24.1 Å². The maximum absolute atomic E-state index is 13.5. The van der Waals surface area contributed by atoms with Gasteiger partial charge in [-0.2, -0.15) is 0 Å². The van der Waals surface area contributed by atoms with Crippen LogP contribution in [0.15, 0.2) is 30.3 Å². The fourth-order valence-electron chi connectivity index (χ4n) is 2.42. The van der Waals surface area contributed by atoms with Gasteiger partial charge < -0.3 is 20.1 Å². The number of rotatable bonds is 7. The Kier molecular flexibility index (Phi) is 6.70. The number of carbonyl (C=O) groups excluding carboxylic acids is 2. The van der Waals surface area contributed by atoms with Crippen LogP contribution in [0.2, 0.25) is 0 Å². The highest BCUT2D eigenvalue weighted by Gasteiger charge is 2.14. The van der Waals surface area contributed by atoms with Crippen molar-refractivity contribution in [2.45, 2.75) is 19.8 Å². The Morgan fingerprint density at radius 2 is 1.41 bits per heavy atom. The molecule has 2 amide bonds. The van der Waals surface area contributed by atoms with Crippen LogP contribution in [0, 0.1) is 11.6 Å². The Balaban J connectivity index is 2.10. The number of benzene rings is 2. The molecule has 27 heavy (non-hydrogen) atoms. The van der Waals surface area contributed by atoms with Gasteiger partial charge in [-0.1, -0.05) is 0 Å². The van der Waals surface area contributed by atoms with Gasteiger partial charge in [-0.15, -0.1) is 0 Å². The highest BCUT2D eigenvalue weighted by molar-refractivity contribution is 5.98. The smallest absolute Gasteiger partial charge is 0.224 e. The summed E-state index contributed by atoms with van der Waals surface area (Å²) in [6.07, 6.45) is 0.452. The van der Waals surface area contributed by atoms with Gasteiger partial charge in [-0.3, -0.25) is 9.59 Å². The second-order valence-electron chi connectivity index (χ2n) is 5.76. The molecule has 6 nitrogen and oxygen atoms in total. The number of methoxy groups -OCH3 is 2. The van der Waals surface area contributed by atoms with E-state index in [1.54, 1.807) is 18.2 Å². The summed E-state index contributed by atoms with van der Waals surface area (Å²) in [6.45, 7) is 1.23. The Morgan fingerprint density at radius 3 is 1.89 bits per heavy atom. The minimum atomic E-state index is -1.13. The summed E-state index contributed by atoms with van der Waals surface area (Å²) in [5, 5.41) is 4.85. The summed E-state index contributed by atoms with van der Waals surface area (Å²) in [5.74, 6) is -1.96. The number of aryl methyl sites for hydroxylation is 1. The van der Waals surface area contributed by atoms with E-state index < -0.39 is 23.4 Å². The molecule has 2 aromatic carbocycles. The summed E-state index contributed by atoms with van der Waals surface area (Å²) in [6, 6.07) is 6.91. The first-order chi connectivity index (χ1) is 12.8. The lowest BCUT2D eigenvalue weighted by Crippen LogP contribution is -2.16. The zero-order chi connectivity index (χ0) is 20.0. The average Bonchev–Trinajstić information content (AvgIpc) is 2.63. The molecule has 0 bridgehead atoms. The molecule has 0 aliphatic rings. The van der Waals surface area contributed by atoms with E-state index in [-0.39, 0.29) is 17.8 Å². The first kappa shape index (κ1) is 20.2. The van der Waals surface area contributed by atoms with Gasteiger partial charge in [0, 0.05) is 31.5 Å². The first-order valence-corrected chi connectivity index (χ1v) is 8.10. The molecule has 0 spiro atoms. The number of ether oxygens (including phenoxy) is 2. The molecule has 144 valence electrons. The topological polar surface area (TPSA) is 76.7 Å². The highest BCUT2D eigenvalue weighted by atomic mass is 19.2. The maximum Gasteiger partial charge on any atom is 0.224 e. The van der Waals surface area contributed by atoms with Crippen LogP contribution >= 0.6 is 0 Å². The zero-order valence-corrected chi connectivity index (χ0v) is 15.2. The standard InChI is InChI=1S/C19H20F2N2O4/c1-11(24)22-17-9-15(20)16(21)10-18(17)23-19(25)5-4-12-6-13(26-2)8-14(7-12)27-3/h6-10H,4-5H2,1-3H3,(H,22,24)(H,23,25). The number of anilines is 2. The molecule has 2 rings (SSSR count). The van der Waals surface area contributed by atoms with Crippen molar-refractivity contribution in [3.63, 3.8) is 0 Å². The Hall–Kier alpha value is -3.16. The largest absolute Gasteiger partial charge is 0.497 e. The summed E-state index contributed by atoms with van der Waals surface area (Å²) < 4.78 is 37.3. The molecule has 0 aromatic heterocycles. The lowest BCUT2D eigenvalue weighted by molar-refractivity contribution is -0.116. The van der Waals surface area contributed by atoms with E-state index >= 15 is 0 Å². The van der Waals surface area contributed by atoms with Crippen molar-refractivity contribution in [1.82, 2.24) is 0 Å². The lowest BCUT2D eigenvalue weighted by Gasteiger charge is -2.13. The number of hydrogen-bond donors (Lipinski definition) is 2. The Bertz CT molecular complexity index is 834. The molecule has 0 saturated heterocycles. The van der Waals surface area contributed by atoms with Gasteiger partial charge in [0.15, 0.2) is 11.6 Å². The maximum atomic E-state index is 13.5. The lowest BCUT2D eigenvalue weighted by atomic mass is 10.1. The van der Waals surface area contributed by atoms with Crippen LogP contribution < -0.4 is 20.1 Å². The second-order valence-corrected chi connectivity index (χ2v) is 5.76. The molecule has 0 saturated carbocycles. The molecule has 0 aliphatic carbocycles. The van der Waals surface area contributed by atoms with Crippen LogP contribution in [0.4, 0.5) is 20.2 Å². The van der Waals surface area contributed by atoms with Gasteiger partial charge in [0.05, 0.1) is 25.6 Å². The second kappa shape index (κ2) is 8.98. The van der Waals surface area contributed by atoms with Crippen molar-refractivity contribution in [3.8, 4) is 11.5 Å². The molecular weight excluding hydrogens is 358 g/mol. The third-order valence-corrected chi connectivity index (χ3v) is 3.70. The molecule has 2 aromatic rings. The first-order valence-electron chi connectivity index (χ1n) is 8.10. The van der Waals surface area contributed by atoms with Crippen LogP contribution in [-0.4, -0.2) is 26.0 Å². The quantitative estimate of drug-likeness (QED) is 0.773. The van der Waals surface area contributed by atoms with E-state index in [0.29, 0.717) is 17.9 Å². The van der Waals surface area contributed by atoms with Crippen LogP contribution in [0.3, 0.4) is 0 Å². The summed E-state index contributed by atoms with van der Waals surface area (Å²) >= 11 is 0. The molecular formula is C19H20F2N2O4. The predicted octanol–water partition coefficient (Wildman–Crippen LogP) is 3.51. The molecule has 8 heteroatoms. The number of carbonyl (C=O) groups is 2. The predicted molar refractivity (Wildman–Crippen MR) is 97.2 cm³/mol. The van der Waals surface area contributed by atoms with Crippen LogP contribution in [-0.2, 0) is 16.0 Å². The molecule has 0 radical (unpaired) electrons. The fourth-order valence-corrected chi connectivity index (χ4v) is 2.42. The van der Waals surface area contributed by atoms with Crippen molar-refractivity contribution in [2.24, 2.45) is 0 Å². The fraction of sp³-hybridized carbons (Fsp3) is 0.263. The van der Waals surface area contributed by atoms with Crippen molar-refractivity contribution >= 4 is 23.2 Å². The zero-order valence-electron chi connectivity index (χ0n) is 15.2. The van der Waals surface area contributed by atoms with E-state index in [1.165, 1.54) is 21.1 Å². The highest BCUT2D eigenvalue weighted by Crippen LogP contribution is 2.26. The SMILES string of the molecule is COc1cc(CCC(=O)Nc2cc(F)c(F)cc2NC(C)=O)cc(OC)c1. The van der Waals surface area contributed by atoms with Crippen molar-refractivity contribution in [2.75, 3.05) is 24.9 Å². The van der Waals surface area contributed by atoms with Gasteiger partial charge >= 0.3 is 0 Å². The van der Waals surface area contributed by atoms with Crippen LogP contribution in [0.1, 0.15) is 18.9 Å². The van der Waals surface area contributed by atoms with Gasteiger partial charge in [0.1, 0.15) is 11.5 Å². The van der Waals surface area contributed by atoms with Crippen molar-refractivity contribution < 1.29 is 27.8 Å². The Labute approximate surface area is 155 Å². The normalized spacial score (nSPS) is 10.3. The number of amides is 2. The molecule has 0 fully saturated rings. The minimum Gasteiger partial charge on any atom is -0.497 e. The van der Waals surface area contributed by atoms with Gasteiger partial charge in [-0.25, -0.2) is 8.78 Å². The third-order valence-electron chi connectivity index (χ3n) is 3.70. The molecule has 2 N–H and O–H groups in total. The van der Waals surface area contributed by atoms with E-state index in [4.69, 9.17) is 9.47 Å². The third kappa shape index (κ3) is 5.67. The van der Waals surface area contributed by atoms with Crippen molar-refractivity contribution in [3.05, 3.63) is 47.5 Å². The average molecular weight is 378 g/mol. The van der Waals surface area contributed by atoms with E-state index in [9.17, 15) is 18.4 Å².